The van der Waals surface area contributed by atoms with Crippen molar-refractivity contribution in [2.24, 2.45) is 0 Å². The summed E-state index contributed by atoms with van der Waals surface area (Å²) in [6.45, 7) is 1.50. The van der Waals surface area contributed by atoms with E-state index in [1.807, 2.05) is 49.8 Å². The van der Waals surface area contributed by atoms with Gasteiger partial charge in [0.1, 0.15) is 0 Å². The average molecular weight is 355 g/mol. The maximum atomic E-state index is 12.8. The Bertz CT molecular complexity index is 797. The van der Waals surface area contributed by atoms with Gasteiger partial charge in [0.15, 0.2) is 10.9 Å². The summed E-state index contributed by atoms with van der Waals surface area (Å²) in [6, 6.07) is 13.4. The summed E-state index contributed by atoms with van der Waals surface area (Å²) in [4.78, 5) is 21.3. The van der Waals surface area contributed by atoms with E-state index in [2.05, 4.69) is 9.88 Å². The minimum atomic E-state index is -0.155. The predicted molar refractivity (Wildman–Crippen MR) is 101 cm³/mol. The molecule has 0 aliphatic heterocycles. The van der Waals surface area contributed by atoms with Gasteiger partial charge in [-0.25, -0.2) is 4.98 Å². The molecule has 0 aliphatic carbocycles. The number of carbonyl (C=O) groups excluding carboxylic acids is 1. The number of nitrogens with zero attached hydrogens (tertiary/aromatic N) is 3. The molecule has 0 spiro atoms. The molecule has 2 heterocycles. The molecule has 0 bridgehead atoms. The molecule has 0 fully saturated rings. The van der Waals surface area contributed by atoms with Crippen molar-refractivity contribution < 1.29 is 9.21 Å². The van der Waals surface area contributed by atoms with Gasteiger partial charge in [0.25, 0.3) is 5.91 Å². The van der Waals surface area contributed by atoms with Gasteiger partial charge in [0, 0.05) is 17.5 Å². The predicted octanol–water partition coefficient (Wildman–Crippen LogP) is 4.00. The molecule has 0 saturated carbocycles. The molecular formula is C19H21N3O2S. The Morgan fingerprint density at radius 2 is 1.92 bits per heavy atom. The quantitative estimate of drug-likeness (QED) is 0.643. The molecule has 0 N–H and O–H groups in total. The van der Waals surface area contributed by atoms with Gasteiger partial charge in [0.05, 0.1) is 12.0 Å². The number of furan rings is 1. The number of amides is 1. The molecular weight excluding hydrogens is 334 g/mol. The third-order valence-corrected chi connectivity index (χ3v) is 4.62. The molecule has 1 amide bonds. The van der Waals surface area contributed by atoms with Gasteiger partial charge in [-0.15, -0.1) is 11.3 Å². The molecule has 0 radical (unpaired) electrons. The van der Waals surface area contributed by atoms with Crippen molar-refractivity contribution in [1.29, 1.82) is 0 Å². The van der Waals surface area contributed by atoms with E-state index in [-0.39, 0.29) is 5.91 Å². The highest BCUT2D eigenvalue weighted by atomic mass is 32.1. The fraction of sp³-hybridized carbons (Fsp3) is 0.263. The van der Waals surface area contributed by atoms with Crippen molar-refractivity contribution >= 4 is 22.4 Å². The van der Waals surface area contributed by atoms with Crippen LogP contribution in [0.5, 0.6) is 0 Å². The second kappa shape index (κ2) is 8.09. The summed E-state index contributed by atoms with van der Waals surface area (Å²) in [5.74, 6) is 0.180. The maximum Gasteiger partial charge on any atom is 0.295 e. The number of rotatable bonds is 7. The summed E-state index contributed by atoms with van der Waals surface area (Å²) >= 11 is 1.48. The number of aromatic nitrogens is 1. The molecule has 130 valence electrons. The Labute approximate surface area is 151 Å². The summed E-state index contributed by atoms with van der Waals surface area (Å²) in [7, 11) is 4.05. The monoisotopic (exact) mass is 355 g/mol. The van der Waals surface area contributed by atoms with Crippen molar-refractivity contribution in [3.05, 3.63) is 59.9 Å². The molecule has 0 unspecified atom stereocenters. The van der Waals surface area contributed by atoms with E-state index in [9.17, 15) is 4.79 Å². The standard InChI is InChI=1S/C19H21N3O2S/c1-21(2)11-7-12-22(18(23)17-10-6-13-24-17)19-20-16(14-25-19)15-8-4-3-5-9-15/h3-6,8-10,13-14H,7,11-12H2,1-2H3. The maximum absolute atomic E-state index is 12.8. The molecule has 2 aromatic heterocycles. The number of carbonyl (C=O) groups is 1. The van der Waals surface area contributed by atoms with Gasteiger partial charge in [-0.05, 0) is 39.2 Å². The summed E-state index contributed by atoms with van der Waals surface area (Å²) < 4.78 is 5.29. The zero-order valence-electron chi connectivity index (χ0n) is 14.4. The first-order valence-corrected chi connectivity index (χ1v) is 9.04. The third-order valence-electron chi connectivity index (χ3n) is 3.76. The van der Waals surface area contributed by atoms with Gasteiger partial charge in [0.2, 0.25) is 0 Å². The molecule has 5 nitrogen and oxygen atoms in total. The van der Waals surface area contributed by atoms with Crippen LogP contribution < -0.4 is 4.90 Å². The van der Waals surface area contributed by atoms with E-state index in [1.165, 1.54) is 17.6 Å². The van der Waals surface area contributed by atoms with Gasteiger partial charge >= 0.3 is 0 Å². The SMILES string of the molecule is CN(C)CCCN(C(=O)c1ccco1)c1nc(-c2ccccc2)cs1. The average Bonchev–Trinajstić information content (AvgIpc) is 3.30. The van der Waals surface area contributed by atoms with Crippen LogP contribution in [0.3, 0.4) is 0 Å². The first-order valence-electron chi connectivity index (χ1n) is 8.16. The Balaban J connectivity index is 1.83. The topological polar surface area (TPSA) is 49.6 Å². The van der Waals surface area contributed by atoms with E-state index in [1.54, 1.807) is 17.0 Å². The summed E-state index contributed by atoms with van der Waals surface area (Å²) in [5.41, 5.74) is 1.93. The minimum absolute atomic E-state index is 0.155. The Kier molecular flexibility index (Phi) is 5.63. The van der Waals surface area contributed by atoms with E-state index in [4.69, 9.17) is 4.42 Å². The van der Waals surface area contributed by atoms with E-state index >= 15 is 0 Å². The molecule has 0 aliphatic rings. The van der Waals surface area contributed by atoms with Crippen LogP contribution >= 0.6 is 11.3 Å². The van der Waals surface area contributed by atoms with Crippen LogP contribution in [0, 0.1) is 0 Å². The fourth-order valence-corrected chi connectivity index (χ4v) is 3.35. The van der Waals surface area contributed by atoms with Gasteiger partial charge < -0.3 is 9.32 Å². The van der Waals surface area contributed by atoms with Gasteiger partial charge in [-0.2, -0.15) is 0 Å². The number of hydrogen-bond donors (Lipinski definition) is 0. The number of anilines is 1. The lowest BCUT2D eigenvalue weighted by molar-refractivity contribution is 0.0959. The first kappa shape index (κ1) is 17.4. The number of benzene rings is 1. The summed E-state index contributed by atoms with van der Waals surface area (Å²) in [6.07, 6.45) is 2.38. The number of hydrogen-bond acceptors (Lipinski definition) is 5. The normalized spacial score (nSPS) is 11.0. The Morgan fingerprint density at radius 1 is 1.12 bits per heavy atom. The molecule has 1 aromatic carbocycles. The lowest BCUT2D eigenvalue weighted by atomic mass is 10.2. The second-order valence-corrected chi connectivity index (χ2v) is 6.81. The third kappa shape index (κ3) is 4.35. The highest BCUT2D eigenvalue weighted by Crippen LogP contribution is 2.28. The first-order chi connectivity index (χ1) is 12.1. The van der Waals surface area contributed by atoms with Crippen LogP contribution in [0.2, 0.25) is 0 Å². The van der Waals surface area contributed by atoms with Crippen molar-refractivity contribution in [3.8, 4) is 11.3 Å². The van der Waals surface area contributed by atoms with Crippen molar-refractivity contribution in [3.63, 3.8) is 0 Å². The summed E-state index contributed by atoms with van der Waals surface area (Å²) in [5, 5.41) is 2.68. The lowest BCUT2D eigenvalue weighted by Gasteiger charge is -2.20. The highest BCUT2D eigenvalue weighted by molar-refractivity contribution is 7.14. The van der Waals surface area contributed by atoms with Crippen LogP contribution in [-0.4, -0.2) is 43.0 Å². The molecule has 6 heteroatoms. The number of thiazole rings is 1. The fourth-order valence-electron chi connectivity index (χ4n) is 2.49. The molecule has 0 saturated heterocycles. The highest BCUT2D eigenvalue weighted by Gasteiger charge is 2.22. The van der Waals surface area contributed by atoms with Crippen LogP contribution in [0.1, 0.15) is 17.0 Å². The van der Waals surface area contributed by atoms with E-state index in [0.29, 0.717) is 17.4 Å². The smallest absolute Gasteiger partial charge is 0.295 e. The van der Waals surface area contributed by atoms with Crippen molar-refractivity contribution in [2.45, 2.75) is 6.42 Å². The van der Waals surface area contributed by atoms with Crippen LogP contribution in [0.15, 0.2) is 58.5 Å². The van der Waals surface area contributed by atoms with E-state index < -0.39 is 0 Å². The van der Waals surface area contributed by atoms with Crippen molar-refractivity contribution in [2.75, 3.05) is 32.1 Å². The van der Waals surface area contributed by atoms with Crippen LogP contribution in [-0.2, 0) is 0 Å². The molecule has 0 atom stereocenters. The Morgan fingerprint density at radius 3 is 2.60 bits per heavy atom. The zero-order chi connectivity index (χ0) is 17.6. The van der Waals surface area contributed by atoms with Crippen LogP contribution in [0.25, 0.3) is 11.3 Å². The van der Waals surface area contributed by atoms with Crippen LogP contribution in [0.4, 0.5) is 5.13 Å². The molecule has 25 heavy (non-hydrogen) atoms. The molecule has 3 rings (SSSR count). The largest absolute Gasteiger partial charge is 0.459 e. The van der Waals surface area contributed by atoms with E-state index in [0.717, 1.165) is 24.2 Å². The molecule has 3 aromatic rings. The second-order valence-electron chi connectivity index (χ2n) is 5.97. The van der Waals surface area contributed by atoms with Gasteiger partial charge in [-0.3, -0.25) is 9.69 Å². The van der Waals surface area contributed by atoms with Crippen molar-refractivity contribution in [1.82, 2.24) is 9.88 Å². The lowest BCUT2D eigenvalue weighted by Crippen LogP contribution is -2.33. The minimum Gasteiger partial charge on any atom is -0.459 e. The van der Waals surface area contributed by atoms with Gasteiger partial charge in [-0.1, -0.05) is 30.3 Å². The Hall–Kier alpha value is -2.44. The zero-order valence-corrected chi connectivity index (χ0v) is 15.2.